The first-order valence-electron chi connectivity index (χ1n) is 13.6. The predicted octanol–water partition coefficient (Wildman–Crippen LogP) is 6.34. The molecule has 1 aliphatic rings. The Morgan fingerprint density at radius 2 is 1.81 bits per heavy atom. The Morgan fingerprint density at radius 3 is 2.52 bits per heavy atom. The second kappa shape index (κ2) is 13.7. The maximum Gasteiger partial charge on any atom is 0.286 e. The van der Waals surface area contributed by atoms with E-state index in [4.69, 9.17) is 40.5 Å². The standard InChI is InChI=1S/C31H30Cl2N6OS2/c1-20-6-8-21(9-7-20)10-12-23-13-15-27(42-23)29-24(19-35-31(41)34-2)28(30(40)37-38-16-4-3-5-17-38)36-39(29)26-14-11-22(32)18-25(26)33/h6-9,11,13-15,18H,3-5,16-17,19H2,1-2H3,(H,37,40)(H2,34,35,41). The number of carbonyl (C=O) groups excluding carboxylic acids is 1. The quantitative estimate of drug-likeness (QED) is 0.169. The molecule has 0 aliphatic carbocycles. The summed E-state index contributed by atoms with van der Waals surface area (Å²) in [5.41, 5.74) is 7.49. The molecule has 11 heteroatoms. The number of hydrogen-bond acceptors (Lipinski definition) is 5. The van der Waals surface area contributed by atoms with E-state index < -0.39 is 0 Å². The zero-order chi connectivity index (χ0) is 29.6. The number of benzene rings is 2. The average Bonchev–Trinajstić information content (AvgIpc) is 3.61. The van der Waals surface area contributed by atoms with Gasteiger partial charge in [-0.05, 0) is 74.4 Å². The summed E-state index contributed by atoms with van der Waals surface area (Å²) in [6, 6.07) is 17.3. The van der Waals surface area contributed by atoms with Crippen molar-refractivity contribution in [2.24, 2.45) is 0 Å². The number of amides is 1. The van der Waals surface area contributed by atoms with Gasteiger partial charge in [0.05, 0.1) is 26.2 Å². The van der Waals surface area contributed by atoms with Crippen molar-refractivity contribution in [3.05, 3.63) is 91.9 Å². The van der Waals surface area contributed by atoms with E-state index in [-0.39, 0.29) is 18.1 Å². The summed E-state index contributed by atoms with van der Waals surface area (Å²) < 4.78 is 1.71. The highest BCUT2D eigenvalue weighted by molar-refractivity contribution is 7.80. The van der Waals surface area contributed by atoms with E-state index in [1.165, 1.54) is 16.9 Å². The molecule has 42 heavy (non-hydrogen) atoms. The number of nitrogens with zero attached hydrogens (tertiary/aromatic N) is 3. The second-order valence-electron chi connectivity index (χ2n) is 9.88. The first-order chi connectivity index (χ1) is 20.3. The van der Waals surface area contributed by atoms with Crippen molar-refractivity contribution in [3.63, 3.8) is 0 Å². The smallest absolute Gasteiger partial charge is 0.286 e. The zero-order valence-corrected chi connectivity index (χ0v) is 26.4. The third-order valence-electron chi connectivity index (χ3n) is 6.83. The summed E-state index contributed by atoms with van der Waals surface area (Å²) in [4.78, 5) is 15.5. The first kappa shape index (κ1) is 30.1. The number of halogens is 2. The Kier molecular flexibility index (Phi) is 9.83. The highest BCUT2D eigenvalue weighted by Crippen LogP contribution is 2.36. The molecule has 1 fully saturated rings. The van der Waals surface area contributed by atoms with Gasteiger partial charge in [-0.2, -0.15) is 5.10 Å². The third-order valence-corrected chi connectivity index (χ3v) is 8.72. The van der Waals surface area contributed by atoms with E-state index in [0.29, 0.717) is 26.4 Å². The van der Waals surface area contributed by atoms with Gasteiger partial charge in [-0.3, -0.25) is 10.2 Å². The molecule has 7 nitrogen and oxygen atoms in total. The zero-order valence-electron chi connectivity index (χ0n) is 23.3. The Balaban J connectivity index is 1.61. The molecule has 1 aliphatic heterocycles. The van der Waals surface area contributed by atoms with E-state index in [0.717, 1.165) is 53.4 Å². The molecule has 0 bridgehead atoms. The molecule has 2 aromatic carbocycles. The summed E-state index contributed by atoms with van der Waals surface area (Å²) in [7, 11) is 1.75. The number of aromatic nitrogens is 2. The van der Waals surface area contributed by atoms with E-state index in [1.54, 1.807) is 29.9 Å². The van der Waals surface area contributed by atoms with Crippen molar-refractivity contribution in [2.75, 3.05) is 20.1 Å². The van der Waals surface area contributed by atoms with Gasteiger partial charge in [0, 0.05) is 42.8 Å². The fourth-order valence-corrected chi connectivity index (χ4v) is 6.12. The van der Waals surface area contributed by atoms with E-state index in [2.05, 4.69) is 34.8 Å². The molecule has 2 aromatic heterocycles. The highest BCUT2D eigenvalue weighted by Gasteiger charge is 2.28. The van der Waals surface area contributed by atoms with Crippen molar-refractivity contribution in [2.45, 2.75) is 32.7 Å². The van der Waals surface area contributed by atoms with Crippen LogP contribution < -0.4 is 16.1 Å². The van der Waals surface area contributed by atoms with E-state index in [9.17, 15) is 4.79 Å². The van der Waals surface area contributed by atoms with Crippen LogP contribution in [0.5, 0.6) is 0 Å². The van der Waals surface area contributed by atoms with Gasteiger partial charge in [0.15, 0.2) is 10.8 Å². The lowest BCUT2D eigenvalue weighted by Crippen LogP contribution is -2.45. The largest absolute Gasteiger partial charge is 0.366 e. The van der Waals surface area contributed by atoms with Crippen molar-refractivity contribution in [3.8, 4) is 28.1 Å². The SMILES string of the molecule is CNC(=S)NCc1c(C(=O)NN2CCCCC2)nn(-c2ccc(Cl)cc2Cl)c1-c1ccc(C#Cc2ccc(C)cc2)s1. The Hall–Kier alpha value is -3.39. The summed E-state index contributed by atoms with van der Waals surface area (Å²) in [5.74, 6) is 6.23. The molecular weight excluding hydrogens is 607 g/mol. The molecule has 4 aromatic rings. The van der Waals surface area contributed by atoms with Gasteiger partial charge >= 0.3 is 0 Å². The number of hydrazine groups is 1. The molecule has 0 saturated carbocycles. The monoisotopic (exact) mass is 636 g/mol. The predicted molar refractivity (Wildman–Crippen MR) is 175 cm³/mol. The van der Waals surface area contributed by atoms with Crippen LogP contribution in [-0.4, -0.2) is 45.9 Å². The van der Waals surface area contributed by atoms with E-state index >= 15 is 0 Å². The van der Waals surface area contributed by atoms with Crippen LogP contribution in [0.15, 0.2) is 54.6 Å². The van der Waals surface area contributed by atoms with Crippen LogP contribution >= 0.6 is 46.8 Å². The maximum atomic E-state index is 13.7. The minimum absolute atomic E-state index is 0.269. The number of carbonyl (C=O) groups is 1. The van der Waals surface area contributed by atoms with Gasteiger partial charge in [-0.25, -0.2) is 9.69 Å². The number of thiocarbonyl (C=S) groups is 1. The molecule has 5 rings (SSSR count). The second-order valence-corrected chi connectivity index (χ2v) is 12.2. The normalized spacial score (nSPS) is 13.2. The van der Waals surface area contributed by atoms with Crippen LogP contribution in [0.3, 0.4) is 0 Å². The maximum absolute atomic E-state index is 13.7. The van der Waals surface area contributed by atoms with Gasteiger partial charge in [-0.15, -0.1) is 11.3 Å². The van der Waals surface area contributed by atoms with Crippen LogP contribution in [0.4, 0.5) is 0 Å². The first-order valence-corrected chi connectivity index (χ1v) is 15.6. The number of hydrogen-bond donors (Lipinski definition) is 3. The van der Waals surface area contributed by atoms with Crippen LogP contribution in [0.1, 0.15) is 51.3 Å². The van der Waals surface area contributed by atoms with Crippen molar-refractivity contribution in [1.29, 1.82) is 0 Å². The molecule has 3 heterocycles. The summed E-state index contributed by atoms with van der Waals surface area (Å²) in [6.07, 6.45) is 3.23. The van der Waals surface area contributed by atoms with Crippen LogP contribution in [0, 0.1) is 18.8 Å². The van der Waals surface area contributed by atoms with Gasteiger partial charge in [0.25, 0.3) is 5.91 Å². The molecule has 0 radical (unpaired) electrons. The molecule has 0 spiro atoms. The fourth-order valence-electron chi connectivity index (χ4n) is 4.64. The van der Waals surface area contributed by atoms with E-state index in [1.807, 2.05) is 41.4 Å². The number of nitrogens with one attached hydrogen (secondary N) is 3. The highest BCUT2D eigenvalue weighted by atomic mass is 35.5. The summed E-state index contributed by atoms with van der Waals surface area (Å²) in [6.45, 7) is 3.92. The molecule has 3 N–H and O–H groups in total. The van der Waals surface area contributed by atoms with Crippen molar-refractivity contribution in [1.82, 2.24) is 30.8 Å². The minimum atomic E-state index is -0.287. The number of aryl methyl sites for hydroxylation is 1. The lowest BCUT2D eigenvalue weighted by Gasteiger charge is -2.26. The van der Waals surface area contributed by atoms with Crippen LogP contribution in [-0.2, 0) is 6.54 Å². The van der Waals surface area contributed by atoms with Crippen LogP contribution in [0.25, 0.3) is 16.3 Å². The molecular formula is C31H30Cl2N6OS2. The molecule has 1 saturated heterocycles. The van der Waals surface area contributed by atoms with Crippen LogP contribution in [0.2, 0.25) is 10.0 Å². The lowest BCUT2D eigenvalue weighted by atomic mass is 10.1. The Bertz CT molecular complexity index is 1660. The van der Waals surface area contributed by atoms with Gasteiger partial charge in [-0.1, -0.05) is 59.2 Å². The molecule has 0 atom stereocenters. The number of piperidine rings is 1. The molecule has 1 amide bonds. The van der Waals surface area contributed by atoms with Crippen molar-refractivity contribution >= 4 is 57.8 Å². The fraction of sp³-hybridized carbons (Fsp3) is 0.258. The average molecular weight is 638 g/mol. The molecule has 216 valence electrons. The van der Waals surface area contributed by atoms with Crippen molar-refractivity contribution < 1.29 is 4.79 Å². The lowest BCUT2D eigenvalue weighted by molar-refractivity contribution is 0.0743. The minimum Gasteiger partial charge on any atom is -0.366 e. The molecule has 0 unspecified atom stereocenters. The summed E-state index contributed by atoms with van der Waals surface area (Å²) in [5, 5.41) is 14.3. The summed E-state index contributed by atoms with van der Waals surface area (Å²) >= 11 is 19.8. The Morgan fingerprint density at radius 1 is 1.05 bits per heavy atom. The van der Waals surface area contributed by atoms with Gasteiger partial charge < -0.3 is 10.6 Å². The number of rotatable bonds is 6. The topological polar surface area (TPSA) is 74.2 Å². The Labute approximate surface area is 265 Å². The number of thiophene rings is 1. The third kappa shape index (κ3) is 7.14. The van der Waals surface area contributed by atoms with Gasteiger partial charge in [0.1, 0.15) is 0 Å². The van der Waals surface area contributed by atoms with Gasteiger partial charge in [0.2, 0.25) is 0 Å².